The fourth-order valence-corrected chi connectivity index (χ4v) is 7.74. The molecule has 7 rings (SSSR count). The van der Waals surface area contributed by atoms with Crippen molar-refractivity contribution in [2.24, 2.45) is 5.92 Å². The first-order valence-electron chi connectivity index (χ1n) is 12.3. The van der Waals surface area contributed by atoms with Crippen LogP contribution in [-0.4, -0.2) is 44.2 Å². The molecule has 4 aliphatic rings. The second-order valence-corrected chi connectivity index (χ2v) is 11.7. The van der Waals surface area contributed by atoms with E-state index >= 15 is 0 Å². The normalized spacial score (nSPS) is 22.0. The molecule has 1 saturated heterocycles. The fourth-order valence-electron chi connectivity index (χ4n) is 6.17. The molecule has 0 radical (unpaired) electrons. The molecular weight excluding hydrogens is 486 g/mol. The van der Waals surface area contributed by atoms with Crippen LogP contribution in [-0.2, 0) is 23.2 Å². The molecule has 5 heterocycles. The lowest BCUT2D eigenvalue weighted by Crippen LogP contribution is -2.46. The number of hydrogen-bond donors (Lipinski definition) is 1. The van der Waals surface area contributed by atoms with Crippen molar-refractivity contribution in [3.63, 3.8) is 0 Å². The van der Waals surface area contributed by atoms with E-state index in [9.17, 15) is 14.4 Å². The van der Waals surface area contributed by atoms with Crippen LogP contribution >= 0.6 is 22.9 Å². The summed E-state index contributed by atoms with van der Waals surface area (Å²) in [6, 6.07) is 1.56. The van der Waals surface area contributed by atoms with Crippen molar-refractivity contribution in [3.05, 3.63) is 43.9 Å². The van der Waals surface area contributed by atoms with E-state index in [-0.39, 0.29) is 23.2 Å². The SMILES string of the molecule is O=C1CC2(CCC2)n2c1c(Cl)cc(Nc1ncnc3sc4c(c13)CC[C@H](C(=O)N1CCC1)C4)c2=O. The molecule has 3 aromatic heterocycles. The molecule has 2 aliphatic heterocycles. The van der Waals surface area contributed by atoms with E-state index < -0.39 is 5.54 Å². The average molecular weight is 510 g/mol. The Morgan fingerprint density at radius 2 is 2.03 bits per heavy atom. The highest BCUT2D eigenvalue weighted by Crippen LogP contribution is 2.48. The van der Waals surface area contributed by atoms with E-state index in [2.05, 4.69) is 15.3 Å². The van der Waals surface area contributed by atoms with Gasteiger partial charge in [-0.05, 0) is 56.6 Å². The van der Waals surface area contributed by atoms with Crippen LogP contribution in [0.15, 0.2) is 17.2 Å². The lowest BCUT2D eigenvalue weighted by molar-refractivity contribution is -0.139. The number of pyridine rings is 1. The van der Waals surface area contributed by atoms with Crippen molar-refractivity contribution in [3.8, 4) is 0 Å². The number of hydrogen-bond acceptors (Lipinski definition) is 7. The van der Waals surface area contributed by atoms with Gasteiger partial charge in [-0.2, -0.15) is 0 Å². The highest BCUT2D eigenvalue weighted by Gasteiger charge is 2.49. The third kappa shape index (κ3) is 3.07. The third-order valence-corrected chi connectivity index (χ3v) is 9.73. The summed E-state index contributed by atoms with van der Waals surface area (Å²) in [5.41, 5.74) is 1.16. The van der Waals surface area contributed by atoms with Crippen LogP contribution in [0.25, 0.3) is 10.2 Å². The minimum atomic E-state index is -0.425. The van der Waals surface area contributed by atoms with Crippen LogP contribution in [0, 0.1) is 5.92 Å². The Kier molecular flexibility index (Phi) is 4.67. The number of thiophene rings is 1. The van der Waals surface area contributed by atoms with Crippen LogP contribution in [0.2, 0.25) is 5.02 Å². The zero-order chi connectivity index (χ0) is 23.9. The van der Waals surface area contributed by atoms with Gasteiger partial charge >= 0.3 is 0 Å². The van der Waals surface area contributed by atoms with E-state index in [4.69, 9.17) is 11.6 Å². The number of anilines is 2. The van der Waals surface area contributed by atoms with Crippen molar-refractivity contribution < 1.29 is 9.59 Å². The summed E-state index contributed by atoms with van der Waals surface area (Å²) in [5.74, 6) is 0.804. The van der Waals surface area contributed by atoms with Gasteiger partial charge < -0.3 is 10.2 Å². The number of likely N-dealkylation sites (tertiary alicyclic amines) is 1. The minimum Gasteiger partial charge on any atom is -0.342 e. The first-order chi connectivity index (χ1) is 16.9. The predicted octanol–water partition coefficient (Wildman–Crippen LogP) is 4.05. The molecule has 35 heavy (non-hydrogen) atoms. The number of amides is 1. The van der Waals surface area contributed by atoms with Crippen LogP contribution in [0.4, 0.5) is 11.5 Å². The first kappa shape index (κ1) is 21.5. The van der Waals surface area contributed by atoms with Crippen molar-refractivity contribution >= 4 is 56.4 Å². The number of carbonyl (C=O) groups excluding carboxylic acids is 2. The molecule has 1 atom stereocenters. The topological polar surface area (TPSA) is 97.2 Å². The molecule has 3 aromatic rings. The number of nitrogens with one attached hydrogen (secondary N) is 1. The number of aromatic nitrogens is 3. The molecule has 0 aromatic carbocycles. The molecule has 1 N–H and O–H groups in total. The van der Waals surface area contributed by atoms with Gasteiger partial charge in [-0.1, -0.05) is 11.6 Å². The van der Waals surface area contributed by atoms with Gasteiger partial charge in [0.15, 0.2) is 5.78 Å². The Balaban J connectivity index is 1.27. The lowest BCUT2D eigenvalue weighted by Gasteiger charge is -2.39. The number of aryl methyl sites for hydroxylation is 1. The van der Waals surface area contributed by atoms with Crippen molar-refractivity contribution in [2.45, 2.75) is 56.9 Å². The maximum Gasteiger partial charge on any atom is 0.275 e. The molecule has 0 unspecified atom stereocenters. The number of nitrogens with zero attached hydrogens (tertiary/aromatic N) is 4. The smallest absolute Gasteiger partial charge is 0.275 e. The molecular formula is C25H24ClN5O3S. The van der Waals surface area contributed by atoms with Gasteiger partial charge in [0.25, 0.3) is 5.56 Å². The molecule has 1 saturated carbocycles. The first-order valence-corrected chi connectivity index (χ1v) is 13.4. The highest BCUT2D eigenvalue weighted by atomic mass is 35.5. The standard InChI is InChI=1S/C25H24ClN5O3S/c26-15-10-16(24(34)31-20(15)17(32)11-25(31)5-1-6-25)29-21-19-14-4-3-13(23(33)30-7-2-8-30)9-18(14)35-22(19)28-12-27-21/h10,12-13H,1-9,11H2,(H,27,28,29)/t13-/m0/s1. The van der Waals surface area contributed by atoms with Gasteiger partial charge in [-0.15, -0.1) is 11.3 Å². The van der Waals surface area contributed by atoms with E-state index in [1.165, 1.54) is 16.8 Å². The van der Waals surface area contributed by atoms with Crippen LogP contribution in [0.5, 0.6) is 0 Å². The zero-order valence-electron chi connectivity index (χ0n) is 19.1. The minimum absolute atomic E-state index is 0.0246. The number of carbonyl (C=O) groups is 2. The summed E-state index contributed by atoms with van der Waals surface area (Å²) in [6.45, 7) is 1.75. The Labute approximate surface area is 210 Å². The Bertz CT molecular complexity index is 1490. The van der Waals surface area contributed by atoms with Crippen molar-refractivity contribution in [1.29, 1.82) is 0 Å². The number of rotatable bonds is 3. The van der Waals surface area contributed by atoms with E-state index in [0.29, 0.717) is 28.6 Å². The third-order valence-electron chi connectivity index (χ3n) is 8.28. The molecule has 0 bridgehead atoms. The van der Waals surface area contributed by atoms with Crippen molar-refractivity contribution in [1.82, 2.24) is 19.4 Å². The fraction of sp³-hybridized carbons (Fsp3) is 0.480. The number of ketones is 1. The van der Waals surface area contributed by atoms with Crippen molar-refractivity contribution in [2.75, 3.05) is 18.4 Å². The molecule has 8 nitrogen and oxygen atoms in total. The maximum atomic E-state index is 13.6. The van der Waals surface area contributed by atoms with Crippen LogP contribution in [0.1, 0.15) is 59.5 Å². The zero-order valence-corrected chi connectivity index (χ0v) is 20.7. The Morgan fingerprint density at radius 1 is 1.20 bits per heavy atom. The molecule has 10 heteroatoms. The van der Waals surface area contributed by atoms with Gasteiger partial charge in [0.1, 0.15) is 28.4 Å². The largest absolute Gasteiger partial charge is 0.342 e. The van der Waals surface area contributed by atoms with Gasteiger partial charge in [0, 0.05) is 30.3 Å². The predicted molar refractivity (Wildman–Crippen MR) is 134 cm³/mol. The lowest BCUT2D eigenvalue weighted by atomic mass is 9.75. The summed E-state index contributed by atoms with van der Waals surface area (Å²) >= 11 is 8.14. The summed E-state index contributed by atoms with van der Waals surface area (Å²) in [6.07, 6.45) is 7.89. The van der Waals surface area contributed by atoms with Gasteiger partial charge in [-0.25, -0.2) is 9.97 Å². The monoisotopic (exact) mass is 509 g/mol. The van der Waals surface area contributed by atoms with Gasteiger partial charge in [-0.3, -0.25) is 19.0 Å². The number of halogens is 1. The van der Waals surface area contributed by atoms with E-state index in [0.717, 1.165) is 68.3 Å². The van der Waals surface area contributed by atoms with Crippen LogP contribution in [0.3, 0.4) is 0 Å². The second kappa shape index (κ2) is 7.61. The van der Waals surface area contributed by atoms with E-state index in [1.807, 2.05) is 4.90 Å². The maximum absolute atomic E-state index is 13.6. The Hall–Kier alpha value is -2.78. The van der Waals surface area contributed by atoms with Crippen LogP contribution < -0.4 is 10.9 Å². The van der Waals surface area contributed by atoms with Gasteiger partial charge in [0.2, 0.25) is 5.91 Å². The summed E-state index contributed by atoms with van der Waals surface area (Å²) in [5, 5.41) is 4.46. The molecule has 1 spiro atoms. The Morgan fingerprint density at radius 3 is 2.74 bits per heavy atom. The van der Waals surface area contributed by atoms with E-state index in [1.54, 1.807) is 22.0 Å². The summed E-state index contributed by atoms with van der Waals surface area (Å²) in [7, 11) is 0. The average Bonchev–Trinajstić information content (AvgIpc) is 3.31. The molecule has 180 valence electrons. The summed E-state index contributed by atoms with van der Waals surface area (Å²) < 4.78 is 1.64. The number of fused-ring (bicyclic) bond motifs is 5. The number of Topliss-reactive ketones (excluding diaryl/α,β-unsaturated/α-hetero) is 1. The molecule has 2 aliphatic carbocycles. The quantitative estimate of drug-likeness (QED) is 0.572. The molecule has 1 amide bonds. The summed E-state index contributed by atoms with van der Waals surface area (Å²) in [4.78, 5) is 52.0. The van der Waals surface area contributed by atoms with Gasteiger partial charge in [0.05, 0.1) is 15.9 Å². The highest BCUT2D eigenvalue weighted by molar-refractivity contribution is 7.19. The second-order valence-electron chi connectivity index (χ2n) is 10.2. The molecule has 2 fully saturated rings.